The molecule has 0 bridgehead atoms. The molecule has 4 aromatic heterocycles. The lowest BCUT2D eigenvalue weighted by Gasteiger charge is -2.35. The molecule has 1 aromatic carbocycles. The van der Waals surface area contributed by atoms with Gasteiger partial charge in [-0.1, -0.05) is 30.3 Å². The average Bonchev–Trinajstić information content (AvgIpc) is 3.41. The van der Waals surface area contributed by atoms with Crippen LogP contribution in [0.2, 0.25) is 0 Å². The maximum absolute atomic E-state index is 13.5. The number of benzene rings is 1. The zero-order chi connectivity index (χ0) is 29.2. The number of pyridine rings is 2. The number of fused-ring (bicyclic) bond motifs is 1. The standard InChI is InChI=1S/C31H32N8O3/c1-20-11-12-22(17-32-20)38-15-7-10-24(31(38)41)34-28-16-25(37(2)19-21-8-5-4-6-9-21)29-33-18-26(39(29)36-28)30(40)35-23-13-14-27(23)42-3/h4-12,15-18,23,27H,13-14,19H2,1-3H3,(H,34,36)(H,35,40)/t23?,27-/m0/s1. The molecule has 6 rings (SSSR count). The van der Waals surface area contributed by atoms with Gasteiger partial charge in [0.15, 0.2) is 17.2 Å². The van der Waals surface area contributed by atoms with Gasteiger partial charge < -0.3 is 20.3 Å². The van der Waals surface area contributed by atoms with E-state index < -0.39 is 0 Å². The number of nitrogens with one attached hydrogen (secondary N) is 2. The molecule has 0 spiro atoms. The zero-order valence-electron chi connectivity index (χ0n) is 23.7. The van der Waals surface area contributed by atoms with Crippen molar-refractivity contribution in [2.45, 2.75) is 38.5 Å². The van der Waals surface area contributed by atoms with E-state index in [0.29, 0.717) is 35.1 Å². The Bertz CT molecular complexity index is 1780. The molecule has 1 amide bonds. The number of hydrogen-bond donors (Lipinski definition) is 2. The van der Waals surface area contributed by atoms with Crippen molar-refractivity contribution in [3.63, 3.8) is 0 Å². The molecule has 11 heteroatoms. The van der Waals surface area contributed by atoms with Gasteiger partial charge in [-0.2, -0.15) is 0 Å². The number of anilines is 3. The van der Waals surface area contributed by atoms with Gasteiger partial charge >= 0.3 is 0 Å². The van der Waals surface area contributed by atoms with Crippen LogP contribution in [0.5, 0.6) is 0 Å². The van der Waals surface area contributed by atoms with Crippen LogP contribution in [0.1, 0.15) is 34.6 Å². The van der Waals surface area contributed by atoms with Crippen molar-refractivity contribution in [2.75, 3.05) is 24.4 Å². The van der Waals surface area contributed by atoms with E-state index in [9.17, 15) is 9.59 Å². The molecule has 0 aliphatic heterocycles. The molecule has 2 atom stereocenters. The van der Waals surface area contributed by atoms with Gasteiger partial charge in [0.2, 0.25) is 0 Å². The van der Waals surface area contributed by atoms with Crippen LogP contribution in [-0.4, -0.2) is 56.4 Å². The van der Waals surface area contributed by atoms with Crippen LogP contribution in [0, 0.1) is 6.92 Å². The van der Waals surface area contributed by atoms with E-state index in [2.05, 4.69) is 32.7 Å². The van der Waals surface area contributed by atoms with E-state index in [0.717, 1.165) is 29.8 Å². The summed E-state index contributed by atoms with van der Waals surface area (Å²) in [5, 5.41) is 10.9. The Morgan fingerprint density at radius 3 is 2.62 bits per heavy atom. The molecule has 1 aliphatic carbocycles. The fraction of sp³-hybridized carbons (Fsp3) is 0.258. The highest BCUT2D eigenvalue weighted by atomic mass is 16.5. The third-order valence-corrected chi connectivity index (χ3v) is 7.57. The predicted molar refractivity (Wildman–Crippen MR) is 161 cm³/mol. The normalized spacial score (nSPS) is 16.2. The number of aryl methyl sites for hydroxylation is 1. The van der Waals surface area contributed by atoms with Crippen LogP contribution in [0.3, 0.4) is 0 Å². The summed E-state index contributed by atoms with van der Waals surface area (Å²) in [4.78, 5) is 37.8. The molecule has 11 nitrogen and oxygen atoms in total. The van der Waals surface area contributed by atoms with Crippen LogP contribution in [0.25, 0.3) is 11.3 Å². The Balaban J connectivity index is 1.38. The SMILES string of the molecule is CO[C@H]1CCC1NC(=O)c1cnc2c(N(C)Cc3ccccc3)cc(Nc3cccn(-c4ccc(C)nc4)c3=O)nn12. The molecule has 1 fully saturated rings. The number of aromatic nitrogens is 5. The molecule has 0 radical (unpaired) electrons. The highest BCUT2D eigenvalue weighted by molar-refractivity contribution is 5.94. The first-order chi connectivity index (χ1) is 20.4. The first-order valence-corrected chi connectivity index (χ1v) is 13.8. The smallest absolute Gasteiger partial charge is 0.278 e. The molecule has 0 saturated heterocycles. The number of hydrogen-bond acceptors (Lipinski definition) is 8. The van der Waals surface area contributed by atoms with Gasteiger partial charge in [-0.15, -0.1) is 5.10 Å². The number of ether oxygens (including phenoxy) is 1. The minimum Gasteiger partial charge on any atom is -0.379 e. The first-order valence-electron chi connectivity index (χ1n) is 13.8. The quantitative estimate of drug-likeness (QED) is 0.277. The zero-order valence-corrected chi connectivity index (χ0v) is 23.7. The van der Waals surface area contributed by atoms with Crippen LogP contribution in [0.15, 0.2) is 84.0 Å². The summed E-state index contributed by atoms with van der Waals surface area (Å²) >= 11 is 0. The van der Waals surface area contributed by atoms with E-state index in [1.54, 1.807) is 31.6 Å². The van der Waals surface area contributed by atoms with Crippen molar-refractivity contribution in [3.05, 3.63) is 107 Å². The summed E-state index contributed by atoms with van der Waals surface area (Å²) in [6.45, 7) is 2.50. The summed E-state index contributed by atoms with van der Waals surface area (Å²) in [7, 11) is 3.61. The molecule has 4 heterocycles. The number of methoxy groups -OCH3 is 1. The summed E-state index contributed by atoms with van der Waals surface area (Å²) in [6, 6.07) is 19.0. The van der Waals surface area contributed by atoms with Crippen LogP contribution in [-0.2, 0) is 11.3 Å². The van der Waals surface area contributed by atoms with Crippen molar-refractivity contribution in [1.82, 2.24) is 29.5 Å². The predicted octanol–water partition coefficient (Wildman–Crippen LogP) is 3.87. The molecule has 1 saturated carbocycles. The molecule has 2 N–H and O–H groups in total. The summed E-state index contributed by atoms with van der Waals surface area (Å²) in [5.41, 5.74) is 4.25. The average molecular weight is 565 g/mol. The second-order valence-corrected chi connectivity index (χ2v) is 10.4. The Labute approximate surface area is 242 Å². The fourth-order valence-corrected chi connectivity index (χ4v) is 5.08. The number of nitrogens with zero attached hydrogens (tertiary/aromatic N) is 6. The highest BCUT2D eigenvalue weighted by Crippen LogP contribution is 2.27. The lowest BCUT2D eigenvalue weighted by atomic mass is 9.89. The number of rotatable bonds is 9. The largest absolute Gasteiger partial charge is 0.379 e. The minimum absolute atomic E-state index is 0.00475. The van der Waals surface area contributed by atoms with Crippen LogP contribution < -0.4 is 21.1 Å². The second-order valence-electron chi connectivity index (χ2n) is 10.4. The van der Waals surface area contributed by atoms with Crippen LogP contribution in [0.4, 0.5) is 17.2 Å². The maximum atomic E-state index is 13.5. The summed E-state index contributed by atoms with van der Waals surface area (Å²) in [6.07, 6.45) is 6.64. The molecular formula is C31H32N8O3. The van der Waals surface area contributed by atoms with Gasteiger partial charge in [-0.3, -0.25) is 19.1 Å². The Morgan fingerprint density at radius 2 is 1.90 bits per heavy atom. The van der Waals surface area contributed by atoms with E-state index >= 15 is 0 Å². The third-order valence-electron chi connectivity index (χ3n) is 7.57. The molecular weight excluding hydrogens is 532 g/mol. The van der Waals surface area contributed by atoms with Crippen LogP contribution >= 0.6 is 0 Å². The van der Waals surface area contributed by atoms with E-state index in [1.165, 1.54) is 15.3 Å². The number of carbonyl (C=O) groups excluding carboxylic acids is 1. The van der Waals surface area contributed by atoms with E-state index in [4.69, 9.17) is 9.84 Å². The molecule has 1 unspecified atom stereocenters. The number of imidazole rings is 1. The van der Waals surface area contributed by atoms with Crippen molar-refractivity contribution in [1.29, 1.82) is 0 Å². The second kappa shape index (κ2) is 11.5. The molecule has 1 aliphatic rings. The Morgan fingerprint density at radius 1 is 1.07 bits per heavy atom. The molecule has 214 valence electrons. The Kier molecular flexibility index (Phi) is 7.41. The van der Waals surface area contributed by atoms with Crippen molar-refractivity contribution < 1.29 is 9.53 Å². The number of carbonyl (C=O) groups is 1. The van der Waals surface area contributed by atoms with Crippen molar-refractivity contribution in [3.8, 4) is 5.69 Å². The van der Waals surface area contributed by atoms with Crippen molar-refractivity contribution >= 4 is 28.7 Å². The van der Waals surface area contributed by atoms with E-state index in [-0.39, 0.29) is 23.6 Å². The summed E-state index contributed by atoms with van der Waals surface area (Å²) in [5.74, 6) is 0.101. The topological polar surface area (TPSA) is 119 Å². The van der Waals surface area contributed by atoms with Gasteiger partial charge in [0, 0.05) is 38.7 Å². The van der Waals surface area contributed by atoms with Gasteiger partial charge in [0.25, 0.3) is 11.5 Å². The Hall–Kier alpha value is -5.03. The monoisotopic (exact) mass is 564 g/mol. The van der Waals surface area contributed by atoms with Gasteiger partial charge in [-0.05, 0) is 49.6 Å². The van der Waals surface area contributed by atoms with E-state index in [1.807, 2.05) is 55.3 Å². The summed E-state index contributed by atoms with van der Waals surface area (Å²) < 4.78 is 8.50. The van der Waals surface area contributed by atoms with Crippen molar-refractivity contribution in [2.24, 2.45) is 0 Å². The first kappa shape index (κ1) is 27.2. The highest BCUT2D eigenvalue weighted by Gasteiger charge is 2.33. The molecule has 42 heavy (non-hydrogen) atoms. The van der Waals surface area contributed by atoms with Gasteiger partial charge in [0.1, 0.15) is 5.69 Å². The maximum Gasteiger partial charge on any atom is 0.278 e. The minimum atomic E-state index is -0.287. The number of amides is 1. The lowest BCUT2D eigenvalue weighted by Crippen LogP contribution is -2.51. The van der Waals surface area contributed by atoms with Gasteiger partial charge in [-0.25, -0.2) is 9.50 Å². The lowest BCUT2D eigenvalue weighted by molar-refractivity contribution is 0.00718. The van der Waals surface area contributed by atoms with Gasteiger partial charge in [0.05, 0.1) is 35.9 Å². The molecule has 5 aromatic rings. The fourth-order valence-electron chi connectivity index (χ4n) is 5.08. The third kappa shape index (κ3) is 5.34.